The first-order chi connectivity index (χ1) is 12.6. The highest BCUT2D eigenvalue weighted by Crippen LogP contribution is 2.15. The van der Waals surface area contributed by atoms with Crippen molar-refractivity contribution in [2.75, 3.05) is 19.8 Å². The van der Waals surface area contributed by atoms with Crippen LogP contribution < -0.4 is 4.74 Å². The van der Waals surface area contributed by atoms with Gasteiger partial charge in [-0.3, -0.25) is 0 Å². The van der Waals surface area contributed by atoms with Gasteiger partial charge in [-0.1, -0.05) is 57.6 Å². The molecule has 1 aromatic carbocycles. The number of rotatable bonds is 16. The Morgan fingerprint density at radius 3 is 2.19 bits per heavy atom. The summed E-state index contributed by atoms with van der Waals surface area (Å²) in [7, 11) is 0. The average molecular weight is 367 g/mol. The van der Waals surface area contributed by atoms with E-state index >= 15 is 0 Å². The molecule has 0 radical (unpaired) electrons. The number of hydrogen-bond acceptors (Lipinski definition) is 4. The summed E-state index contributed by atoms with van der Waals surface area (Å²) in [5, 5.41) is 18.8. The fourth-order valence-electron chi connectivity index (χ4n) is 2.94. The molecule has 0 fully saturated rings. The van der Waals surface area contributed by atoms with E-state index in [0.717, 1.165) is 12.2 Å². The molecule has 0 aliphatic heterocycles. The molecule has 2 unspecified atom stereocenters. The second kappa shape index (κ2) is 15.0. The van der Waals surface area contributed by atoms with Crippen LogP contribution in [0, 0.1) is 0 Å². The lowest BCUT2D eigenvalue weighted by Gasteiger charge is -2.13. The number of unbranched alkanes of at least 4 members (excludes halogenated alkanes) is 6. The SMILES string of the molecule is CCCCCCCCCc1ccc(OCCOCC(O)CC(C)O)cc1. The van der Waals surface area contributed by atoms with Crippen LogP contribution in [0.1, 0.15) is 70.8 Å². The van der Waals surface area contributed by atoms with Crippen molar-refractivity contribution in [2.45, 2.75) is 83.8 Å². The number of ether oxygens (including phenoxy) is 2. The number of aryl methyl sites for hydroxylation is 1. The van der Waals surface area contributed by atoms with Gasteiger partial charge in [0.1, 0.15) is 12.4 Å². The normalized spacial score (nSPS) is 13.5. The van der Waals surface area contributed by atoms with Gasteiger partial charge in [-0.25, -0.2) is 0 Å². The monoisotopic (exact) mass is 366 g/mol. The number of benzene rings is 1. The van der Waals surface area contributed by atoms with E-state index in [0.29, 0.717) is 19.6 Å². The molecule has 0 aromatic heterocycles. The second-order valence-corrected chi connectivity index (χ2v) is 7.18. The summed E-state index contributed by atoms with van der Waals surface area (Å²) < 4.78 is 11.0. The van der Waals surface area contributed by atoms with Crippen LogP contribution in [0.4, 0.5) is 0 Å². The summed E-state index contributed by atoms with van der Waals surface area (Å²) >= 11 is 0. The van der Waals surface area contributed by atoms with E-state index in [9.17, 15) is 5.11 Å². The van der Waals surface area contributed by atoms with Crippen molar-refractivity contribution < 1.29 is 19.7 Å². The van der Waals surface area contributed by atoms with Gasteiger partial charge in [-0.2, -0.15) is 0 Å². The third-order valence-corrected chi connectivity index (χ3v) is 4.41. The molecule has 4 heteroatoms. The lowest BCUT2D eigenvalue weighted by molar-refractivity contribution is 0.00273. The fraction of sp³-hybridized carbons (Fsp3) is 0.727. The number of aliphatic hydroxyl groups is 2. The average Bonchev–Trinajstić information content (AvgIpc) is 2.61. The maximum Gasteiger partial charge on any atom is 0.119 e. The van der Waals surface area contributed by atoms with Crippen LogP contribution in [0.2, 0.25) is 0 Å². The first-order valence-electron chi connectivity index (χ1n) is 10.3. The molecule has 0 aliphatic rings. The standard InChI is InChI=1S/C22H38O4/c1-3-4-5-6-7-8-9-10-20-11-13-22(14-12-20)26-16-15-25-18-21(24)17-19(2)23/h11-14,19,21,23-24H,3-10,15-18H2,1-2H3. The highest BCUT2D eigenvalue weighted by atomic mass is 16.5. The molecule has 0 bridgehead atoms. The Labute approximate surface area is 159 Å². The van der Waals surface area contributed by atoms with E-state index in [1.54, 1.807) is 6.92 Å². The minimum Gasteiger partial charge on any atom is -0.491 e. The summed E-state index contributed by atoms with van der Waals surface area (Å²) in [4.78, 5) is 0. The molecule has 150 valence electrons. The number of aliphatic hydroxyl groups excluding tert-OH is 2. The fourth-order valence-corrected chi connectivity index (χ4v) is 2.94. The molecule has 4 nitrogen and oxygen atoms in total. The van der Waals surface area contributed by atoms with Gasteiger partial charge < -0.3 is 19.7 Å². The van der Waals surface area contributed by atoms with E-state index < -0.39 is 12.2 Å². The van der Waals surface area contributed by atoms with Gasteiger partial charge in [0.2, 0.25) is 0 Å². The van der Waals surface area contributed by atoms with E-state index in [1.165, 1.54) is 50.5 Å². The van der Waals surface area contributed by atoms with Crippen molar-refractivity contribution in [1.82, 2.24) is 0 Å². The summed E-state index contributed by atoms with van der Waals surface area (Å²) in [5.41, 5.74) is 1.36. The van der Waals surface area contributed by atoms with Crippen LogP contribution in [-0.4, -0.2) is 42.2 Å². The smallest absolute Gasteiger partial charge is 0.119 e. The van der Waals surface area contributed by atoms with Gasteiger partial charge in [0.05, 0.1) is 25.4 Å². The van der Waals surface area contributed by atoms with Crippen molar-refractivity contribution in [3.8, 4) is 5.75 Å². The molecule has 0 amide bonds. The minimum absolute atomic E-state index is 0.228. The second-order valence-electron chi connectivity index (χ2n) is 7.18. The molecule has 0 aliphatic carbocycles. The topological polar surface area (TPSA) is 58.9 Å². The molecule has 0 saturated carbocycles. The molecule has 0 spiro atoms. The molecule has 1 aromatic rings. The third kappa shape index (κ3) is 12.3. The largest absolute Gasteiger partial charge is 0.491 e. The summed E-state index contributed by atoms with van der Waals surface area (Å²) in [6.07, 6.45) is 9.71. The van der Waals surface area contributed by atoms with Crippen LogP contribution >= 0.6 is 0 Å². The zero-order valence-electron chi connectivity index (χ0n) is 16.7. The predicted octanol–water partition coefficient (Wildman–Crippen LogP) is 4.51. The lowest BCUT2D eigenvalue weighted by atomic mass is 10.0. The van der Waals surface area contributed by atoms with Crippen LogP contribution in [0.5, 0.6) is 5.75 Å². The summed E-state index contributed by atoms with van der Waals surface area (Å²) in [6.45, 7) is 5.02. The van der Waals surface area contributed by atoms with Gasteiger partial charge in [0, 0.05) is 6.42 Å². The Morgan fingerprint density at radius 2 is 1.54 bits per heavy atom. The van der Waals surface area contributed by atoms with Gasteiger partial charge in [0.25, 0.3) is 0 Å². The zero-order chi connectivity index (χ0) is 19.0. The van der Waals surface area contributed by atoms with Crippen molar-refractivity contribution >= 4 is 0 Å². The highest BCUT2D eigenvalue weighted by molar-refractivity contribution is 5.27. The van der Waals surface area contributed by atoms with Crippen molar-refractivity contribution in [3.63, 3.8) is 0 Å². The Morgan fingerprint density at radius 1 is 0.885 bits per heavy atom. The predicted molar refractivity (Wildman–Crippen MR) is 107 cm³/mol. The van der Waals surface area contributed by atoms with Crippen molar-refractivity contribution in [2.24, 2.45) is 0 Å². The van der Waals surface area contributed by atoms with E-state index in [4.69, 9.17) is 14.6 Å². The Bertz CT molecular complexity index is 430. The van der Waals surface area contributed by atoms with Gasteiger partial charge in [0.15, 0.2) is 0 Å². The van der Waals surface area contributed by atoms with Crippen molar-refractivity contribution in [3.05, 3.63) is 29.8 Å². The molecule has 2 N–H and O–H groups in total. The summed E-state index contributed by atoms with van der Waals surface area (Å²) in [6, 6.07) is 8.30. The maximum atomic E-state index is 9.58. The quantitative estimate of drug-likeness (QED) is 0.423. The Balaban J connectivity index is 2.06. The third-order valence-electron chi connectivity index (χ3n) is 4.41. The number of hydrogen-bond donors (Lipinski definition) is 2. The molecule has 2 atom stereocenters. The lowest BCUT2D eigenvalue weighted by Crippen LogP contribution is -2.22. The van der Waals surface area contributed by atoms with E-state index in [2.05, 4.69) is 19.1 Å². The zero-order valence-corrected chi connectivity index (χ0v) is 16.7. The Hall–Kier alpha value is -1.10. The molecule has 1 rings (SSSR count). The first-order valence-corrected chi connectivity index (χ1v) is 10.3. The summed E-state index contributed by atoms with van der Waals surface area (Å²) in [5.74, 6) is 0.849. The molecule has 0 heterocycles. The molecule has 0 saturated heterocycles. The van der Waals surface area contributed by atoms with Crippen LogP contribution in [0.15, 0.2) is 24.3 Å². The van der Waals surface area contributed by atoms with Gasteiger partial charge >= 0.3 is 0 Å². The van der Waals surface area contributed by atoms with Crippen LogP contribution in [0.25, 0.3) is 0 Å². The molecular formula is C22H38O4. The minimum atomic E-state index is -0.624. The van der Waals surface area contributed by atoms with Gasteiger partial charge in [-0.05, 0) is 37.5 Å². The maximum absolute atomic E-state index is 9.58. The highest BCUT2D eigenvalue weighted by Gasteiger charge is 2.07. The van der Waals surface area contributed by atoms with E-state index in [-0.39, 0.29) is 6.61 Å². The first kappa shape index (κ1) is 22.9. The van der Waals surface area contributed by atoms with E-state index in [1.807, 2.05) is 12.1 Å². The van der Waals surface area contributed by atoms with Gasteiger partial charge in [-0.15, -0.1) is 0 Å². The van der Waals surface area contributed by atoms with Crippen LogP contribution in [0.3, 0.4) is 0 Å². The molecular weight excluding hydrogens is 328 g/mol. The van der Waals surface area contributed by atoms with Crippen LogP contribution in [-0.2, 0) is 11.2 Å². The van der Waals surface area contributed by atoms with Crippen molar-refractivity contribution in [1.29, 1.82) is 0 Å². The Kier molecular flexibility index (Phi) is 13.2. The molecule has 26 heavy (non-hydrogen) atoms.